The van der Waals surface area contributed by atoms with Gasteiger partial charge in [0.2, 0.25) is 0 Å². The van der Waals surface area contributed by atoms with E-state index in [1.54, 1.807) is 20.9 Å². The fourth-order valence-corrected chi connectivity index (χ4v) is 0.312. The molecule has 0 aliphatic rings. The third-order valence-corrected chi connectivity index (χ3v) is 1.18. The van der Waals surface area contributed by atoms with E-state index in [1.165, 1.54) is 4.90 Å². The minimum atomic E-state index is -0.574. The Morgan fingerprint density at radius 1 is 1.11 bits per heavy atom. The van der Waals surface area contributed by atoms with E-state index < -0.39 is 12.5 Å². The Labute approximate surface area is 55.0 Å². The second-order valence-electron chi connectivity index (χ2n) is 1.93. The molecular formula is C5H15NO3. The average Bonchev–Trinajstić information content (AvgIpc) is 1.64. The Balaban J connectivity index is 0. The molecule has 0 aliphatic heterocycles. The maximum absolute atomic E-state index is 8.76. The van der Waals surface area contributed by atoms with Crippen LogP contribution < -0.4 is 0 Å². The fraction of sp³-hybridized carbons (Fsp3) is 1.00. The normalized spacial score (nSPS) is 16.7. The summed E-state index contributed by atoms with van der Waals surface area (Å²) in [4.78, 5) is 1.44. The van der Waals surface area contributed by atoms with Crippen LogP contribution >= 0.6 is 0 Å². The molecule has 0 saturated carbocycles. The lowest BCUT2D eigenvalue weighted by Gasteiger charge is -2.22. The minimum absolute atomic E-state index is 0. The smallest absolute Gasteiger partial charge is 0.106 e. The summed E-state index contributed by atoms with van der Waals surface area (Å²) in [5.74, 6) is 0. The molecule has 0 aromatic rings. The standard InChI is InChI=1S/C5H13NO2.H2O/c1-4(7)6(3)5(2)8;/h4-5,7-8H,1-3H3;1H2. The van der Waals surface area contributed by atoms with Crippen molar-refractivity contribution in [1.82, 2.24) is 4.90 Å². The van der Waals surface area contributed by atoms with Gasteiger partial charge in [0.1, 0.15) is 12.5 Å². The molecule has 0 rings (SSSR count). The van der Waals surface area contributed by atoms with Crippen LogP contribution in [-0.4, -0.2) is 40.1 Å². The Hall–Kier alpha value is -0.160. The van der Waals surface area contributed by atoms with Gasteiger partial charge < -0.3 is 15.7 Å². The zero-order chi connectivity index (χ0) is 6.73. The van der Waals surface area contributed by atoms with E-state index in [9.17, 15) is 0 Å². The summed E-state index contributed by atoms with van der Waals surface area (Å²) in [7, 11) is 1.65. The zero-order valence-corrected chi connectivity index (χ0v) is 6.00. The van der Waals surface area contributed by atoms with Crippen molar-refractivity contribution in [3.8, 4) is 0 Å². The molecule has 0 heterocycles. The number of aliphatic hydroxyl groups excluding tert-OH is 2. The molecule has 0 aromatic carbocycles. The van der Waals surface area contributed by atoms with Crippen LogP contribution in [0.4, 0.5) is 0 Å². The van der Waals surface area contributed by atoms with Crippen LogP contribution in [0.3, 0.4) is 0 Å². The van der Waals surface area contributed by atoms with E-state index in [4.69, 9.17) is 10.2 Å². The Morgan fingerprint density at radius 2 is 1.33 bits per heavy atom. The lowest BCUT2D eigenvalue weighted by atomic mass is 10.5. The van der Waals surface area contributed by atoms with Crippen LogP contribution in [0.5, 0.6) is 0 Å². The van der Waals surface area contributed by atoms with Gasteiger partial charge in [-0.1, -0.05) is 0 Å². The topological polar surface area (TPSA) is 75.2 Å². The first kappa shape index (κ1) is 11.6. The van der Waals surface area contributed by atoms with Gasteiger partial charge in [-0.25, -0.2) is 0 Å². The highest BCUT2D eigenvalue weighted by Gasteiger charge is 2.08. The SMILES string of the molecule is CC(O)N(C)C(C)O.O. The molecule has 58 valence electrons. The monoisotopic (exact) mass is 137 g/mol. The first-order valence-electron chi connectivity index (χ1n) is 2.63. The molecule has 0 bridgehead atoms. The van der Waals surface area contributed by atoms with E-state index in [0.717, 1.165) is 0 Å². The summed E-state index contributed by atoms with van der Waals surface area (Å²) in [6.07, 6.45) is -1.15. The van der Waals surface area contributed by atoms with Crippen molar-refractivity contribution < 1.29 is 15.7 Å². The van der Waals surface area contributed by atoms with E-state index in [-0.39, 0.29) is 5.48 Å². The van der Waals surface area contributed by atoms with Gasteiger partial charge in [0.05, 0.1) is 0 Å². The number of aliphatic hydroxyl groups is 2. The molecule has 0 radical (unpaired) electrons. The molecule has 0 aliphatic carbocycles. The zero-order valence-electron chi connectivity index (χ0n) is 6.00. The summed E-state index contributed by atoms with van der Waals surface area (Å²) in [5, 5.41) is 17.5. The lowest BCUT2D eigenvalue weighted by molar-refractivity contribution is -0.0665. The van der Waals surface area contributed by atoms with Gasteiger partial charge in [0.25, 0.3) is 0 Å². The maximum Gasteiger partial charge on any atom is 0.106 e. The lowest BCUT2D eigenvalue weighted by Crippen LogP contribution is -2.36. The number of hydrogen-bond acceptors (Lipinski definition) is 3. The third kappa shape index (κ3) is 4.35. The van der Waals surface area contributed by atoms with Crippen LogP contribution in [0.1, 0.15) is 13.8 Å². The van der Waals surface area contributed by atoms with Gasteiger partial charge >= 0.3 is 0 Å². The van der Waals surface area contributed by atoms with Crippen LogP contribution in [-0.2, 0) is 0 Å². The number of hydrogen-bond donors (Lipinski definition) is 2. The largest absolute Gasteiger partial charge is 0.412 e. The first-order chi connectivity index (χ1) is 3.55. The molecule has 0 spiro atoms. The van der Waals surface area contributed by atoms with Crippen LogP contribution in [0.2, 0.25) is 0 Å². The van der Waals surface area contributed by atoms with Crippen molar-refractivity contribution in [3.63, 3.8) is 0 Å². The predicted octanol–water partition coefficient (Wildman–Crippen LogP) is -1.23. The molecule has 4 heteroatoms. The van der Waals surface area contributed by atoms with Gasteiger partial charge in [-0.05, 0) is 20.9 Å². The van der Waals surface area contributed by atoms with Gasteiger partial charge in [-0.3, -0.25) is 4.90 Å². The van der Waals surface area contributed by atoms with Crippen molar-refractivity contribution in [2.45, 2.75) is 26.3 Å². The maximum atomic E-state index is 8.76. The third-order valence-electron chi connectivity index (χ3n) is 1.18. The fourth-order valence-electron chi connectivity index (χ4n) is 0.312. The van der Waals surface area contributed by atoms with E-state index in [1.807, 2.05) is 0 Å². The van der Waals surface area contributed by atoms with E-state index in [2.05, 4.69) is 0 Å². The molecule has 9 heavy (non-hydrogen) atoms. The van der Waals surface area contributed by atoms with Gasteiger partial charge in [-0.15, -0.1) is 0 Å². The average molecular weight is 137 g/mol. The van der Waals surface area contributed by atoms with Crippen molar-refractivity contribution in [1.29, 1.82) is 0 Å². The number of nitrogens with zero attached hydrogens (tertiary/aromatic N) is 1. The summed E-state index contributed by atoms with van der Waals surface area (Å²) < 4.78 is 0. The Kier molecular flexibility index (Phi) is 6.06. The van der Waals surface area contributed by atoms with E-state index in [0.29, 0.717) is 0 Å². The summed E-state index contributed by atoms with van der Waals surface area (Å²) >= 11 is 0. The second-order valence-corrected chi connectivity index (χ2v) is 1.93. The minimum Gasteiger partial charge on any atom is -0.412 e. The predicted molar refractivity (Wildman–Crippen MR) is 34.7 cm³/mol. The molecule has 4 nitrogen and oxygen atoms in total. The molecular weight excluding hydrogens is 122 g/mol. The van der Waals surface area contributed by atoms with Gasteiger partial charge in [-0.2, -0.15) is 0 Å². The van der Waals surface area contributed by atoms with Gasteiger partial charge in [0.15, 0.2) is 0 Å². The Bertz CT molecular complexity index is 57.2. The van der Waals surface area contributed by atoms with Crippen molar-refractivity contribution in [2.24, 2.45) is 0 Å². The molecule has 2 atom stereocenters. The van der Waals surface area contributed by atoms with Crippen LogP contribution in [0.25, 0.3) is 0 Å². The van der Waals surface area contributed by atoms with Gasteiger partial charge in [0, 0.05) is 0 Å². The van der Waals surface area contributed by atoms with Crippen LogP contribution in [0.15, 0.2) is 0 Å². The summed E-state index contributed by atoms with van der Waals surface area (Å²) in [6, 6.07) is 0. The van der Waals surface area contributed by atoms with Crippen molar-refractivity contribution in [3.05, 3.63) is 0 Å². The highest BCUT2D eigenvalue weighted by atomic mass is 16.3. The van der Waals surface area contributed by atoms with Crippen molar-refractivity contribution >= 4 is 0 Å². The van der Waals surface area contributed by atoms with E-state index >= 15 is 0 Å². The molecule has 0 fully saturated rings. The molecule has 4 N–H and O–H groups in total. The molecule has 0 aromatic heterocycles. The quantitative estimate of drug-likeness (QED) is 0.468. The van der Waals surface area contributed by atoms with Crippen molar-refractivity contribution in [2.75, 3.05) is 7.05 Å². The molecule has 0 amide bonds. The highest BCUT2D eigenvalue weighted by Crippen LogP contribution is 1.93. The summed E-state index contributed by atoms with van der Waals surface area (Å²) in [5.41, 5.74) is 0. The first-order valence-corrected chi connectivity index (χ1v) is 2.63. The Morgan fingerprint density at radius 3 is 1.33 bits per heavy atom. The molecule has 0 saturated heterocycles. The summed E-state index contributed by atoms with van der Waals surface area (Å²) in [6.45, 7) is 3.21. The van der Waals surface area contributed by atoms with Crippen LogP contribution in [0, 0.1) is 0 Å². The highest BCUT2D eigenvalue weighted by molar-refractivity contribution is 4.48. The number of rotatable bonds is 2. The second kappa shape index (κ2) is 4.69. The molecule has 2 unspecified atom stereocenters.